The van der Waals surface area contributed by atoms with Gasteiger partial charge in [0.1, 0.15) is 10.7 Å². The fraction of sp³-hybridized carbons (Fsp3) is 0.467. The number of carboxylic acid groups (broad SMARTS) is 1. The summed E-state index contributed by atoms with van der Waals surface area (Å²) in [6.45, 7) is 3.31. The van der Waals surface area contributed by atoms with Gasteiger partial charge in [0.05, 0.1) is 0 Å². The quantitative estimate of drug-likeness (QED) is 0.672. The molecule has 0 heterocycles. The van der Waals surface area contributed by atoms with Gasteiger partial charge in [-0.1, -0.05) is 0 Å². The van der Waals surface area contributed by atoms with E-state index in [0.717, 1.165) is 16.4 Å². The van der Waals surface area contributed by atoms with Crippen molar-refractivity contribution in [1.29, 1.82) is 0 Å². The Hall–Kier alpha value is -2.20. The second kappa shape index (κ2) is 7.79. The zero-order valence-electron chi connectivity index (χ0n) is 14.5. The third-order valence-electron chi connectivity index (χ3n) is 3.36. The molecule has 10 heteroatoms. The van der Waals surface area contributed by atoms with Gasteiger partial charge in [0, 0.05) is 31.7 Å². The number of nitrogens with one attached hydrogen (secondary N) is 2. The molecule has 2 amide bonds. The van der Waals surface area contributed by atoms with Crippen molar-refractivity contribution in [2.24, 2.45) is 0 Å². The molecule has 0 saturated heterocycles. The molecule has 0 aliphatic heterocycles. The number of amides is 2. The maximum Gasteiger partial charge on any atom is 0.319 e. The largest absolute Gasteiger partial charge is 0.481 e. The molecule has 0 fully saturated rings. The highest BCUT2D eigenvalue weighted by Gasteiger charge is 2.24. The molecule has 1 aromatic rings. The highest BCUT2D eigenvalue weighted by Crippen LogP contribution is 2.22. The van der Waals surface area contributed by atoms with Crippen LogP contribution in [0.2, 0.25) is 0 Å². The Morgan fingerprint density at radius 3 is 2.40 bits per heavy atom. The molecule has 0 spiro atoms. The van der Waals surface area contributed by atoms with E-state index in [1.54, 1.807) is 13.8 Å². The van der Waals surface area contributed by atoms with Crippen molar-refractivity contribution in [3.8, 4) is 0 Å². The number of benzene rings is 1. The van der Waals surface area contributed by atoms with Crippen LogP contribution in [0.5, 0.6) is 0 Å². The molecule has 1 rings (SSSR count). The van der Waals surface area contributed by atoms with Crippen LogP contribution in [-0.4, -0.2) is 49.5 Å². The van der Waals surface area contributed by atoms with Crippen molar-refractivity contribution in [1.82, 2.24) is 9.62 Å². The van der Waals surface area contributed by atoms with E-state index in [-0.39, 0.29) is 18.5 Å². The molecule has 25 heavy (non-hydrogen) atoms. The van der Waals surface area contributed by atoms with Crippen LogP contribution < -0.4 is 10.6 Å². The molecule has 3 N–H and O–H groups in total. The Balaban J connectivity index is 2.90. The number of carbonyl (C=O) groups excluding carboxylic acids is 1. The Bertz CT molecular complexity index is 762. The predicted molar refractivity (Wildman–Crippen MR) is 90.4 cm³/mol. The van der Waals surface area contributed by atoms with Gasteiger partial charge in [-0.05, 0) is 38.5 Å². The number of aliphatic carboxylic acids is 1. The highest BCUT2D eigenvalue weighted by molar-refractivity contribution is 7.89. The van der Waals surface area contributed by atoms with Gasteiger partial charge < -0.3 is 15.7 Å². The van der Waals surface area contributed by atoms with E-state index < -0.39 is 38.3 Å². The predicted octanol–water partition coefficient (Wildman–Crippen LogP) is 1.84. The Kier molecular flexibility index (Phi) is 6.49. The fourth-order valence-electron chi connectivity index (χ4n) is 1.93. The number of urea groups is 1. The number of carbonyl (C=O) groups is 2. The van der Waals surface area contributed by atoms with E-state index >= 15 is 0 Å². The van der Waals surface area contributed by atoms with Gasteiger partial charge in [-0.25, -0.2) is 21.9 Å². The molecule has 0 aliphatic rings. The maximum atomic E-state index is 13.8. The van der Waals surface area contributed by atoms with Crippen LogP contribution in [0.4, 0.5) is 14.9 Å². The standard InChI is InChI=1S/C15H22FN3O5S/c1-15(2,8-7-13(20)21)18-14(22)17-10-5-6-11(16)12(9-10)25(23,24)19(3)4/h5-6,9H,7-8H2,1-4H3,(H,20,21)(H2,17,18,22). The number of halogens is 1. The van der Waals surface area contributed by atoms with Crippen molar-refractivity contribution in [2.75, 3.05) is 19.4 Å². The van der Waals surface area contributed by atoms with Crippen molar-refractivity contribution in [2.45, 2.75) is 37.1 Å². The second-order valence-electron chi connectivity index (χ2n) is 6.29. The first kappa shape index (κ1) is 20.8. The molecule has 8 nitrogen and oxygen atoms in total. The summed E-state index contributed by atoms with van der Waals surface area (Å²) in [4.78, 5) is 22.1. The second-order valence-corrected chi connectivity index (χ2v) is 8.41. The first-order valence-electron chi connectivity index (χ1n) is 7.38. The van der Waals surface area contributed by atoms with E-state index in [9.17, 15) is 22.4 Å². The molecular weight excluding hydrogens is 353 g/mol. The van der Waals surface area contributed by atoms with Crippen molar-refractivity contribution >= 4 is 27.7 Å². The van der Waals surface area contributed by atoms with Gasteiger partial charge in [0.25, 0.3) is 0 Å². The SMILES string of the molecule is CN(C)S(=O)(=O)c1cc(NC(=O)NC(C)(C)CCC(=O)O)ccc1F. The van der Waals surface area contributed by atoms with Crippen LogP contribution >= 0.6 is 0 Å². The third-order valence-corrected chi connectivity index (χ3v) is 5.19. The lowest BCUT2D eigenvalue weighted by Gasteiger charge is -2.25. The summed E-state index contributed by atoms with van der Waals surface area (Å²) in [5.41, 5.74) is -0.700. The zero-order chi connectivity index (χ0) is 19.4. The lowest BCUT2D eigenvalue weighted by molar-refractivity contribution is -0.137. The normalized spacial score (nSPS) is 12.1. The molecule has 0 saturated carbocycles. The van der Waals surface area contributed by atoms with Crippen LogP contribution in [-0.2, 0) is 14.8 Å². The highest BCUT2D eigenvalue weighted by atomic mass is 32.2. The van der Waals surface area contributed by atoms with Gasteiger partial charge in [0.15, 0.2) is 0 Å². The summed E-state index contributed by atoms with van der Waals surface area (Å²) >= 11 is 0. The number of carboxylic acids is 1. The third kappa shape index (κ3) is 5.98. The van der Waals surface area contributed by atoms with Crippen LogP contribution in [0.25, 0.3) is 0 Å². The molecule has 0 atom stereocenters. The fourth-order valence-corrected chi connectivity index (χ4v) is 2.91. The first-order chi connectivity index (χ1) is 11.3. The number of nitrogens with zero attached hydrogens (tertiary/aromatic N) is 1. The van der Waals surface area contributed by atoms with Crippen molar-refractivity contribution in [3.05, 3.63) is 24.0 Å². The topological polar surface area (TPSA) is 116 Å². The Morgan fingerprint density at radius 1 is 1.28 bits per heavy atom. The van der Waals surface area contributed by atoms with E-state index in [1.807, 2.05) is 0 Å². The number of sulfonamides is 1. The first-order valence-corrected chi connectivity index (χ1v) is 8.82. The Labute approximate surface area is 146 Å². The van der Waals surface area contributed by atoms with E-state index in [2.05, 4.69) is 10.6 Å². The van der Waals surface area contributed by atoms with Gasteiger partial charge in [0.2, 0.25) is 10.0 Å². The van der Waals surface area contributed by atoms with E-state index in [0.29, 0.717) is 0 Å². The summed E-state index contributed by atoms with van der Waals surface area (Å²) in [5, 5.41) is 13.7. The van der Waals surface area contributed by atoms with Crippen LogP contribution in [0.1, 0.15) is 26.7 Å². The summed E-state index contributed by atoms with van der Waals surface area (Å²) in [6, 6.07) is 2.54. The summed E-state index contributed by atoms with van der Waals surface area (Å²) in [7, 11) is -1.46. The van der Waals surface area contributed by atoms with Gasteiger partial charge >= 0.3 is 12.0 Å². The monoisotopic (exact) mass is 375 g/mol. The molecule has 0 aromatic heterocycles. The van der Waals surface area contributed by atoms with Crippen LogP contribution in [0, 0.1) is 5.82 Å². The summed E-state index contributed by atoms with van der Waals surface area (Å²) < 4.78 is 38.8. The van der Waals surface area contributed by atoms with Crippen LogP contribution in [0.3, 0.4) is 0 Å². The summed E-state index contributed by atoms with van der Waals surface area (Å²) in [5.74, 6) is -1.91. The average molecular weight is 375 g/mol. The van der Waals surface area contributed by atoms with Gasteiger partial charge in [-0.2, -0.15) is 0 Å². The summed E-state index contributed by atoms with van der Waals surface area (Å²) in [6.07, 6.45) is 0.0918. The molecule has 0 bridgehead atoms. The molecule has 1 aromatic carbocycles. The molecule has 0 unspecified atom stereocenters. The molecule has 140 valence electrons. The molecule has 0 radical (unpaired) electrons. The number of hydrogen-bond acceptors (Lipinski definition) is 4. The van der Waals surface area contributed by atoms with E-state index in [4.69, 9.17) is 5.11 Å². The number of hydrogen-bond donors (Lipinski definition) is 3. The maximum absolute atomic E-state index is 13.8. The average Bonchev–Trinajstić information content (AvgIpc) is 2.46. The van der Waals surface area contributed by atoms with Crippen molar-refractivity contribution in [3.63, 3.8) is 0 Å². The number of rotatable bonds is 7. The van der Waals surface area contributed by atoms with Gasteiger partial charge in [-0.15, -0.1) is 0 Å². The van der Waals surface area contributed by atoms with E-state index in [1.165, 1.54) is 20.2 Å². The van der Waals surface area contributed by atoms with Crippen LogP contribution in [0.15, 0.2) is 23.1 Å². The molecule has 0 aliphatic carbocycles. The zero-order valence-corrected chi connectivity index (χ0v) is 15.3. The lowest BCUT2D eigenvalue weighted by atomic mass is 9.99. The minimum Gasteiger partial charge on any atom is -0.481 e. The number of anilines is 1. The Morgan fingerprint density at radius 2 is 1.88 bits per heavy atom. The van der Waals surface area contributed by atoms with Crippen molar-refractivity contribution < 1.29 is 27.5 Å². The minimum absolute atomic E-state index is 0.0911. The minimum atomic E-state index is -4.00. The smallest absolute Gasteiger partial charge is 0.319 e. The lowest BCUT2D eigenvalue weighted by Crippen LogP contribution is -2.45. The van der Waals surface area contributed by atoms with Gasteiger partial charge in [-0.3, -0.25) is 4.79 Å². The molecular formula is C15H22FN3O5S.